The van der Waals surface area contributed by atoms with E-state index in [9.17, 15) is 9.59 Å². The topological polar surface area (TPSA) is 88.5 Å². The van der Waals surface area contributed by atoms with Crippen LogP contribution in [0.4, 0.5) is 0 Å². The number of carboxylic acid groups (broad SMARTS) is 1. The highest BCUT2D eigenvalue weighted by Gasteiger charge is 2.20. The van der Waals surface area contributed by atoms with Crippen LogP contribution in [0.1, 0.15) is 23.8 Å². The summed E-state index contributed by atoms with van der Waals surface area (Å²) in [6, 6.07) is 6.43. The number of amides is 1. The number of nitrogens with zero attached hydrogens (tertiary/aromatic N) is 1. The number of aromatic nitrogens is 1. The molecule has 1 amide bonds. The summed E-state index contributed by atoms with van der Waals surface area (Å²) >= 11 is 1.33. The second kappa shape index (κ2) is 7.04. The Morgan fingerprint density at radius 1 is 1.36 bits per heavy atom. The summed E-state index contributed by atoms with van der Waals surface area (Å²) in [6.07, 6.45) is 0.316. The van der Waals surface area contributed by atoms with Crippen molar-refractivity contribution in [3.05, 3.63) is 35.3 Å². The molecule has 116 valence electrons. The molecule has 0 spiro atoms. The number of methoxy groups -OCH3 is 1. The quantitative estimate of drug-likeness (QED) is 0.853. The van der Waals surface area contributed by atoms with E-state index in [-0.39, 0.29) is 5.69 Å². The largest absolute Gasteiger partial charge is 0.497 e. The zero-order chi connectivity index (χ0) is 16.1. The number of hydrogen-bond acceptors (Lipinski definition) is 5. The fourth-order valence-electron chi connectivity index (χ4n) is 1.81. The molecule has 1 heterocycles. The molecule has 0 radical (unpaired) electrons. The molecule has 0 bridgehead atoms. The van der Waals surface area contributed by atoms with Gasteiger partial charge in [0, 0.05) is 10.9 Å². The van der Waals surface area contributed by atoms with E-state index in [2.05, 4.69) is 10.3 Å². The fraction of sp³-hybridized carbons (Fsp3) is 0.267. The average molecular weight is 320 g/mol. The summed E-state index contributed by atoms with van der Waals surface area (Å²) in [7, 11) is 1.59. The molecular formula is C15H16N2O4S. The number of rotatable bonds is 6. The van der Waals surface area contributed by atoms with Crippen LogP contribution >= 0.6 is 11.3 Å². The van der Waals surface area contributed by atoms with Gasteiger partial charge in [-0.15, -0.1) is 11.3 Å². The van der Waals surface area contributed by atoms with Gasteiger partial charge in [-0.3, -0.25) is 4.79 Å². The Kier molecular flexibility index (Phi) is 5.11. The zero-order valence-electron chi connectivity index (χ0n) is 12.2. The molecule has 0 fully saturated rings. The van der Waals surface area contributed by atoms with Gasteiger partial charge in [0.05, 0.1) is 7.11 Å². The van der Waals surface area contributed by atoms with E-state index in [4.69, 9.17) is 9.84 Å². The van der Waals surface area contributed by atoms with Crippen molar-refractivity contribution in [1.82, 2.24) is 10.3 Å². The lowest BCUT2D eigenvalue weighted by molar-refractivity contribution is -0.139. The first-order valence-electron chi connectivity index (χ1n) is 6.68. The second-order valence-electron chi connectivity index (χ2n) is 4.54. The predicted octanol–water partition coefficient (Wildman–Crippen LogP) is 2.41. The van der Waals surface area contributed by atoms with Crippen LogP contribution in [0.25, 0.3) is 10.6 Å². The van der Waals surface area contributed by atoms with Gasteiger partial charge < -0.3 is 15.2 Å². The number of thiazole rings is 1. The standard InChI is InChI=1S/C15H16N2O4S/c1-3-11(15(19)20)16-13(18)12-8-22-14(17-12)9-4-6-10(21-2)7-5-9/h4-8,11H,3H2,1-2H3,(H,16,18)(H,19,20). The van der Waals surface area contributed by atoms with Gasteiger partial charge in [-0.1, -0.05) is 6.92 Å². The second-order valence-corrected chi connectivity index (χ2v) is 5.40. The molecule has 0 aliphatic heterocycles. The number of carbonyl (C=O) groups excluding carboxylic acids is 1. The van der Waals surface area contributed by atoms with Crippen molar-refractivity contribution in [3.63, 3.8) is 0 Å². The Bertz CT molecular complexity index is 666. The first-order valence-corrected chi connectivity index (χ1v) is 7.56. The summed E-state index contributed by atoms with van der Waals surface area (Å²) < 4.78 is 5.09. The minimum atomic E-state index is -1.05. The van der Waals surface area contributed by atoms with Crippen molar-refractivity contribution in [2.75, 3.05) is 7.11 Å². The van der Waals surface area contributed by atoms with Gasteiger partial charge in [0.2, 0.25) is 0 Å². The number of carboxylic acids is 1. The number of nitrogens with one attached hydrogen (secondary N) is 1. The molecule has 0 saturated heterocycles. The number of hydrogen-bond donors (Lipinski definition) is 2. The predicted molar refractivity (Wildman–Crippen MR) is 83.3 cm³/mol. The monoisotopic (exact) mass is 320 g/mol. The Balaban J connectivity index is 2.13. The molecule has 6 nitrogen and oxygen atoms in total. The minimum absolute atomic E-state index is 0.218. The summed E-state index contributed by atoms with van der Waals surface area (Å²) in [5.74, 6) is -0.794. The van der Waals surface area contributed by atoms with Crippen LogP contribution in [-0.4, -0.2) is 35.1 Å². The zero-order valence-corrected chi connectivity index (χ0v) is 13.0. The normalized spacial score (nSPS) is 11.7. The highest BCUT2D eigenvalue weighted by atomic mass is 32.1. The van der Waals surface area contributed by atoms with Gasteiger partial charge in [0.25, 0.3) is 5.91 Å². The van der Waals surface area contributed by atoms with Gasteiger partial charge in [-0.2, -0.15) is 0 Å². The molecule has 22 heavy (non-hydrogen) atoms. The third kappa shape index (κ3) is 3.62. The molecule has 1 aromatic carbocycles. The van der Waals surface area contributed by atoms with Gasteiger partial charge >= 0.3 is 5.97 Å². The Morgan fingerprint density at radius 2 is 2.05 bits per heavy atom. The molecule has 1 aromatic heterocycles. The van der Waals surface area contributed by atoms with Gasteiger partial charge in [0.15, 0.2) is 0 Å². The van der Waals surface area contributed by atoms with Crippen molar-refractivity contribution in [3.8, 4) is 16.3 Å². The molecular weight excluding hydrogens is 304 g/mol. The minimum Gasteiger partial charge on any atom is -0.497 e. The van der Waals surface area contributed by atoms with E-state index < -0.39 is 17.9 Å². The van der Waals surface area contributed by atoms with E-state index in [1.165, 1.54) is 11.3 Å². The van der Waals surface area contributed by atoms with E-state index in [0.29, 0.717) is 11.4 Å². The molecule has 2 rings (SSSR count). The maximum Gasteiger partial charge on any atom is 0.326 e. The Hall–Kier alpha value is -2.41. The van der Waals surface area contributed by atoms with Crippen LogP contribution in [0, 0.1) is 0 Å². The van der Waals surface area contributed by atoms with Crippen LogP contribution in [0.15, 0.2) is 29.6 Å². The van der Waals surface area contributed by atoms with Crippen molar-refractivity contribution in [2.24, 2.45) is 0 Å². The molecule has 1 atom stereocenters. The van der Waals surface area contributed by atoms with Crippen LogP contribution in [0.3, 0.4) is 0 Å². The van der Waals surface area contributed by atoms with Crippen LogP contribution < -0.4 is 10.1 Å². The van der Waals surface area contributed by atoms with Gasteiger partial charge in [0.1, 0.15) is 22.5 Å². The molecule has 0 aliphatic rings. The molecule has 2 aromatic rings. The summed E-state index contributed by atoms with van der Waals surface area (Å²) in [5, 5.41) is 13.7. The molecule has 0 aliphatic carbocycles. The van der Waals surface area contributed by atoms with Crippen LogP contribution in [-0.2, 0) is 4.79 Å². The molecule has 2 N–H and O–H groups in total. The van der Waals surface area contributed by atoms with Gasteiger partial charge in [-0.05, 0) is 30.7 Å². The lowest BCUT2D eigenvalue weighted by Crippen LogP contribution is -2.40. The highest BCUT2D eigenvalue weighted by molar-refractivity contribution is 7.13. The summed E-state index contributed by atoms with van der Waals surface area (Å²) in [6.45, 7) is 1.70. The molecule has 1 unspecified atom stereocenters. The smallest absolute Gasteiger partial charge is 0.326 e. The number of ether oxygens (including phenoxy) is 1. The SMILES string of the molecule is CCC(NC(=O)c1csc(-c2ccc(OC)cc2)n1)C(=O)O. The van der Waals surface area contributed by atoms with Crippen LogP contribution in [0.2, 0.25) is 0 Å². The average Bonchev–Trinajstić information content (AvgIpc) is 3.02. The number of carbonyl (C=O) groups is 2. The Morgan fingerprint density at radius 3 is 2.59 bits per heavy atom. The third-order valence-corrected chi connectivity index (χ3v) is 3.98. The first kappa shape index (κ1) is 16.0. The fourth-order valence-corrected chi connectivity index (χ4v) is 2.62. The summed E-state index contributed by atoms with van der Waals surface area (Å²) in [5.41, 5.74) is 1.09. The van der Waals surface area contributed by atoms with Crippen LogP contribution in [0.5, 0.6) is 5.75 Å². The van der Waals surface area contributed by atoms with E-state index in [1.807, 2.05) is 24.3 Å². The lowest BCUT2D eigenvalue weighted by Gasteiger charge is -2.10. The Labute approximate surface area is 131 Å². The van der Waals surface area contributed by atoms with Crippen molar-refractivity contribution >= 4 is 23.2 Å². The maximum atomic E-state index is 12.0. The highest BCUT2D eigenvalue weighted by Crippen LogP contribution is 2.25. The maximum absolute atomic E-state index is 12.0. The van der Waals surface area contributed by atoms with Crippen molar-refractivity contribution in [2.45, 2.75) is 19.4 Å². The van der Waals surface area contributed by atoms with Crippen molar-refractivity contribution < 1.29 is 19.4 Å². The van der Waals surface area contributed by atoms with Gasteiger partial charge in [-0.25, -0.2) is 9.78 Å². The number of aliphatic carboxylic acids is 1. The van der Waals surface area contributed by atoms with E-state index in [0.717, 1.165) is 11.3 Å². The molecule has 7 heteroatoms. The number of benzene rings is 1. The molecule has 0 saturated carbocycles. The lowest BCUT2D eigenvalue weighted by atomic mass is 10.2. The third-order valence-electron chi connectivity index (χ3n) is 3.09. The van der Waals surface area contributed by atoms with Crippen molar-refractivity contribution in [1.29, 1.82) is 0 Å². The first-order chi connectivity index (χ1) is 10.5. The summed E-state index contributed by atoms with van der Waals surface area (Å²) in [4.78, 5) is 27.2. The van der Waals surface area contributed by atoms with E-state index in [1.54, 1.807) is 19.4 Å². The van der Waals surface area contributed by atoms with E-state index >= 15 is 0 Å².